The number of phenolic OH excluding ortho intramolecular Hbond substituents is 1. The molecule has 0 unspecified atom stereocenters. The van der Waals surface area contributed by atoms with E-state index in [4.69, 9.17) is 16.3 Å². The fraction of sp³-hybridized carbons (Fsp3) is 0.273. The third-order valence-corrected chi connectivity index (χ3v) is 6.54. The predicted octanol–water partition coefficient (Wildman–Crippen LogP) is 4.66. The van der Waals surface area contributed by atoms with Crippen molar-refractivity contribution in [3.05, 3.63) is 63.7 Å². The van der Waals surface area contributed by atoms with Crippen molar-refractivity contribution in [1.82, 2.24) is 4.90 Å². The Morgan fingerprint density at radius 2 is 2.17 bits per heavy atom. The molecule has 0 saturated carbocycles. The highest BCUT2D eigenvalue weighted by Crippen LogP contribution is 2.44. The first-order valence-electron chi connectivity index (χ1n) is 9.55. The third kappa shape index (κ3) is 3.81. The van der Waals surface area contributed by atoms with Crippen molar-refractivity contribution in [3.8, 4) is 17.6 Å². The monoisotopic (exact) mass is 441 g/mol. The van der Waals surface area contributed by atoms with Crippen LogP contribution in [0.25, 0.3) is 0 Å². The maximum Gasteiger partial charge on any atom is 0.229 e. The summed E-state index contributed by atoms with van der Waals surface area (Å²) in [5.41, 5.74) is 2.28. The minimum atomic E-state index is -0.362. The number of allylic oxidation sites excluding steroid dienone is 1. The quantitative estimate of drug-likeness (QED) is 0.743. The normalized spacial score (nSPS) is 18.8. The van der Waals surface area contributed by atoms with Gasteiger partial charge in [-0.1, -0.05) is 35.5 Å². The van der Waals surface area contributed by atoms with Crippen LogP contribution in [-0.4, -0.2) is 35.1 Å². The molecule has 2 aromatic carbocycles. The number of nitrogens with zero attached hydrogens (tertiary/aromatic N) is 3. The number of hydrogen-bond acceptors (Lipinski definition) is 6. The van der Waals surface area contributed by atoms with Crippen LogP contribution in [0.3, 0.4) is 0 Å². The number of ether oxygens (including phenoxy) is 1. The van der Waals surface area contributed by atoms with Gasteiger partial charge in [0.15, 0.2) is 11.5 Å². The molecule has 0 spiro atoms. The van der Waals surface area contributed by atoms with E-state index in [1.165, 1.54) is 11.8 Å². The van der Waals surface area contributed by atoms with E-state index in [0.717, 1.165) is 11.3 Å². The average molecular weight is 442 g/mol. The van der Waals surface area contributed by atoms with Crippen molar-refractivity contribution in [2.75, 3.05) is 24.1 Å². The number of amides is 1. The summed E-state index contributed by atoms with van der Waals surface area (Å²) in [7, 11) is 0. The zero-order valence-corrected chi connectivity index (χ0v) is 17.9. The zero-order chi connectivity index (χ0) is 21.3. The van der Waals surface area contributed by atoms with Gasteiger partial charge in [0, 0.05) is 23.0 Å². The van der Waals surface area contributed by atoms with Gasteiger partial charge in [-0.15, -0.1) is 0 Å². The topological polar surface area (TPSA) is 76.8 Å². The fourth-order valence-corrected chi connectivity index (χ4v) is 5.05. The number of carbonyl (C=O) groups is 1. The van der Waals surface area contributed by atoms with E-state index in [1.54, 1.807) is 23.1 Å². The second-order valence-electron chi connectivity index (χ2n) is 7.00. The van der Waals surface area contributed by atoms with E-state index in [1.807, 2.05) is 31.2 Å². The molecule has 6 nitrogen and oxygen atoms in total. The average Bonchev–Trinajstić information content (AvgIpc) is 2.75. The Labute approximate surface area is 184 Å². The van der Waals surface area contributed by atoms with Crippen LogP contribution in [0.5, 0.6) is 11.5 Å². The lowest BCUT2D eigenvalue weighted by Gasteiger charge is -2.42. The molecule has 0 aromatic heterocycles. The summed E-state index contributed by atoms with van der Waals surface area (Å²) in [6.45, 7) is 2.62. The molecule has 4 rings (SSSR count). The lowest BCUT2D eigenvalue weighted by molar-refractivity contribution is -0.129. The first-order valence-corrected chi connectivity index (χ1v) is 10.9. The molecule has 8 heteroatoms. The Kier molecular flexibility index (Phi) is 5.80. The molecule has 154 valence electrons. The SMILES string of the molecule is CCOc1cc([C@@H]2CC(=O)N3CN(c4cccc(Cl)c4)CSC3=C2C#N)ccc1O. The first-order chi connectivity index (χ1) is 14.5. The summed E-state index contributed by atoms with van der Waals surface area (Å²) >= 11 is 7.59. The summed E-state index contributed by atoms with van der Waals surface area (Å²) in [5.74, 6) is 0.602. The van der Waals surface area contributed by atoms with Crippen LogP contribution in [0.4, 0.5) is 5.69 Å². The summed E-state index contributed by atoms with van der Waals surface area (Å²) in [4.78, 5) is 16.8. The van der Waals surface area contributed by atoms with Crippen LogP contribution in [0.1, 0.15) is 24.8 Å². The van der Waals surface area contributed by atoms with Gasteiger partial charge in [-0.3, -0.25) is 9.69 Å². The Bertz CT molecular complexity index is 1070. The van der Waals surface area contributed by atoms with Gasteiger partial charge >= 0.3 is 0 Å². The van der Waals surface area contributed by atoms with Crippen LogP contribution in [0, 0.1) is 11.3 Å². The maximum absolute atomic E-state index is 13.0. The highest BCUT2D eigenvalue weighted by Gasteiger charge is 2.38. The standard InChI is InChI=1S/C22H20ClN3O3S/c1-2-29-20-8-14(6-7-19(20)27)17-10-21(28)26-12-25(13-30-22(26)18(17)11-24)16-5-3-4-15(23)9-16/h3-9,17,27H,2,10,12-13H2,1H3/t17-/m0/s1. The molecule has 1 amide bonds. The van der Waals surface area contributed by atoms with Crippen LogP contribution in [0.15, 0.2) is 53.1 Å². The molecule has 1 atom stereocenters. The second-order valence-corrected chi connectivity index (χ2v) is 8.37. The molecule has 2 aromatic rings. The molecule has 2 aliphatic heterocycles. The van der Waals surface area contributed by atoms with Crippen LogP contribution < -0.4 is 9.64 Å². The number of thioether (sulfide) groups is 1. The minimum absolute atomic E-state index is 0.0414. The van der Waals surface area contributed by atoms with Crippen molar-refractivity contribution < 1.29 is 14.6 Å². The Morgan fingerprint density at radius 1 is 1.33 bits per heavy atom. The molecule has 1 fully saturated rings. The Morgan fingerprint density at radius 3 is 2.90 bits per heavy atom. The molecular weight excluding hydrogens is 422 g/mol. The van der Waals surface area contributed by atoms with E-state index in [9.17, 15) is 15.2 Å². The molecule has 2 aliphatic rings. The van der Waals surface area contributed by atoms with Gasteiger partial charge < -0.3 is 14.7 Å². The summed E-state index contributed by atoms with van der Waals surface area (Å²) in [6.07, 6.45) is 0.187. The number of rotatable bonds is 4. The molecule has 30 heavy (non-hydrogen) atoms. The lowest BCUT2D eigenvalue weighted by atomic mass is 9.86. The predicted molar refractivity (Wildman–Crippen MR) is 117 cm³/mol. The highest BCUT2D eigenvalue weighted by atomic mass is 35.5. The summed E-state index contributed by atoms with van der Waals surface area (Å²) < 4.78 is 5.48. The highest BCUT2D eigenvalue weighted by molar-refractivity contribution is 8.03. The number of nitriles is 1. The number of hydrogen-bond donors (Lipinski definition) is 1. The van der Waals surface area contributed by atoms with Crippen molar-refractivity contribution in [2.45, 2.75) is 19.3 Å². The fourth-order valence-electron chi connectivity index (χ4n) is 3.70. The van der Waals surface area contributed by atoms with Gasteiger partial charge in [-0.05, 0) is 42.8 Å². The molecule has 2 heterocycles. The van der Waals surface area contributed by atoms with Crippen molar-refractivity contribution in [1.29, 1.82) is 5.26 Å². The molecule has 1 saturated heterocycles. The molecule has 0 radical (unpaired) electrons. The van der Waals surface area contributed by atoms with E-state index >= 15 is 0 Å². The Hall–Kier alpha value is -2.82. The van der Waals surface area contributed by atoms with Crippen molar-refractivity contribution in [3.63, 3.8) is 0 Å². The van der Waals surface area contributed by atoms with Crippen LogP contribution in [-0.2, 0) is 4.79 Å². The lowest BCUT2D eigenvalue weighted by Crippen LogP contribution is -2.47. The van der Waals surface area contributed by atoms with Gasteiger partial charge in [-0.25, -0.2) is 0 Å². The van der Waals surface area contributed by atoms with Gasteiger partial charge in [0.1, 0.15) is 0 Å². The van der Waals surface area contributed by atoms with Crippen LogP contribution in [0.2, 0.25) is 5.02 Å². The molecule has 1 N–H and O–H groups in total. The van der Waals surface area contributed by atoms with Gasteiger partial charge in [0.25, 0.3) is 0 Å². The van der Waals surface area contributed by atoms with Crippen molar-refractivity contribution >= 4 is 35.0 Å². The molecule has 0 bridgehead atoms. The van der Waals surface area contributed by atoms with E-state index in [-0.39, 0.29) is 24.0 Å². The third-order valence-electron chi connectivity index (χ3n) is 5.15. The molecule has 0 aliphatic carbocycles. The smallest absolute Gasteiger partial charge is 0.229 e. The summed E-state index contributed by atoms with van der Waals surface area (Å²) in [5, 5.41) is 21.2. The maximum atomic E-state index is 13.0. The van der Waals surface area contributed by atoms with Crippen molar-refractivity contribution in [2.24, 2.45) is 0 Å². The number of carbonyl (C=O) groups excluding carboxylic acids is 1. The molecular formula is C22H20ClN3O3S. The van der Waals surface area contributed by atoms with E-state index in [2.05, 4.69) is 11.0 Å². The van der Waals surface area contributed by atoms with Gasteiger partial charge in [-0.2, -0.15) is 5.26 Å². The number of benzene rings is 2. The van der Waals surface area contributed by atoms with Gasteiger partial charge in [0.2, 0.25) is 5.91 Å². The zero-order valence-electron chi connectivity index (χ0n) is 16.3. The number of anilines is 1. The van der Waals surface area contributed by atoms with E-state index < -0.39 is 0 Å². The largest absolute Gasteiger partial charge is 0.504 e. The number of phenols is 1. The number of fused-ring (bicyclic) bond motifs is 1. The number of halogens is 1. The summed E-state index contributed by atoms with van der Waals surface area (Å²) in [6, 6.07) is 14.8. The van der Waals surface area contributed by atoms with Crippen LogP contribution >= 0.6 is 23.4 Å². The van der Waals surface area contributed by atoms with Gasteiger partial charge in [0.05, 0.1) is 35.8 Å². The minimum Gasteiger partial charge on any atom is -0.504 e. The second kappa shape index (κ2) is 8.50. The Balaban J connectivity index is 1.66. The first kappa shape index (κ1) is 20.5. The number of aromatic hydroxyl groups is 1. The van der Waals surface area contributed by atoms with E-state index in [0.29, 0.717) is 40.5 Å².